The molecule has 0 saturated heterocycles. The molecule has 0 rings (SSSR count). The molecule has 0 spiro atoms. The minimum absolute atomic E-state index is 0.275. The first-order chi connectivity index (χ1) is 2.91. The topological polar surface area (TPSA) is 20.2 Å². The second-order valence-corrected chi connectivity index (χ2v) is 1.41. The predicted octanol–water partition coefficient (Wildman–Crippen LogP) is 0.850. The van der Waals surface area contributed by atoms with E-state index in [1.54, 1.807) is 5.75 Å². The molecular weight excluding hydrogens is 96.1 g/mol. The average molecular weight is 105 g/mol. The zero-order valence-electron chi connectivity index (χ0n) is 3.59. The fourth-order valence-corrected chi connectivity index (χ4v) is 0.365. The molecule has 0 aromatic rings. The third kappa shape index (κ3) is 4.31. The van der Waals surface area contributed by atoms with E-state index in [1.807, 2.05) is 0 Å². The van der Waals surface area contributed by atoms with Gasteiger partial charge < -0.3 is 5.11 Å². The fourth-order valence-electron chi connectivity index (χ4n) is 0.183. The molecule has 0 aliphatic heterocycles. The maximum Gasteiger partial charge on any atom is 0.0431 e. The molecule has 1 radical (unpaired) electrons. The van der Waals surface area contributed by atoms with Gasteiger partial charge >= 0.3 is 0 Å². The highest BCUT2D eigenvalue weighted by molar-refractivity contribution is 7.82. The third-order valence-corrected chi connectivity index (χ3v) is 0.750. The maximum absolute atomic E-state index is 8.14. The number of rotatable bonds is 3. The van der Waals surface area contributed by atoms with Crippen LogP contribution < -0.4 is 0 Å². The van der Waals surface area contributed by atoms with E-state index in [0.29, 0.717) is 0 Å². The highest BCUT2D eigenvalue weighted by Crippen LogP contribution is 1.93. The van der Waals surface area contributed by atoms with E-state index < -0.39 is 0 Å². The number of aliphatic hydroxyl groups excluding tert-OH is 1. The Kier molecular flexibility index (Phi) is 5.58. The van der Waals surface area contributed by atoms with Gasteiger partial charge in [0.2, 0.25) is 0 Å². The SMILES string of the molecule is OCCC[CH]S. The Morgan fingerprint density at radius 3 is 2.50 bits per heavy atom. The fraction of sp³-hybridized carbons (Fsp3) is 0.750. The Morgan fingerprint density at radius 1 is 1.67 bits per heavy atom. The van der Waals surface area contributed by atoms with Crippen LogP contribution in [-0.4, -0.2) is 11.7 Å². The molecule has 0 unspecified atom stereocenters. The molecule has 1 N–H and O–H groups in total. The Morgan fingerprint density at radius 2 is 2.33 bits per heavy atom. The van der Waals surface area contributed by atoms with Gasteiger partial charge in [-0.25, -0.2) is 0 Å². The van der Waals surface area contributed by atoms with E-state index in [4.69, 9.17) is 5.11 Å². The van der Waals surface area contributed by atoms with Gasteiger partial charge in [0.15, 0.2) is 0 Å². The summed E-state index contributed by atoms with van der Waals surface area (Å²) >= 11 is 3.82. The lowest BCUT2D eigenvalue weighted by Crippen LogP contribution is -1.78. The van der Waals surface area contributed by atoms with Gasteiger partial charge in [0, 0.05) is 12.4 Å². The second kappa shape index (κ2) is 5.31. The van der Waals surface area contributed by atoms with Crippen LogP contribution in [0.3, 0.4) is 0 Å². The van der Waals surface area contributed by atoms with Crippen LogP contribution in [0.1, 0.15) is 12.8 Å². The van der Waals surface area contributed by atoms with Gasteiger partial charge in [-0.1, -0.05) is 0 Å². The Labute approximate surface area is 43.8 Å². The van der Waals surface area contributed by atoms with Gasteiger partial charge in [-0.15, -0.1) is 0 Å². The van der Waals surface area contributed by atoms with Crippen molar-refractivity contribution in [3.8, 4) is 0 Å². The number of hydrogen-bond donors (Lipinski definition) is 2. The van der Waals surface area contributed by atoms with Crippen LogP contribution in [0.5, 0.6) is 0 Å². The number of thiol groups is 1. The van der Waals surface area contributed by atoms with Crippen molar-refractivity contribution in [1.82, 2.24) is 0 Å². The monoisotopic (exact) mass is 105 g/mol. The third-order valence-electron chi connectivity index (χ3n) is 0.491. The largest absolute Gasteiger partial charge is 0.396 e. The van der Waals surface area contributed by atoms with Crippen molar-refractivity contribution in [2.24, 2.45) is 0 Å². The molecule has 0 aromatic heterocycles. The summed E-state index contributed by atoms with van der Waals surface area (Å²) in [7, 11) is 0. The van der Waals surface area contributed by atoms with Crippen molar-refractivity contribution in [3.63, 3.8) is 0 Å². The van der Waals surface area contributed by atoms with Crippen LogP contribution in [0.2, 0.25) is 0 Å². The first-order valence-electron chi connectivity index (χ1n) is 1.98. The molecular formula is C4H9OS. The van der Waals surface area contributed by atoms with Crippen LogP contribution in [-0.2, 0) is 0 Å². The molecule has 2 heteroatoms. The highest BCUT2D eigenvalue weighted by Gasteiger charge is 1.77. The summed E-state index contributed by atoms with van der Waals surface area (Å²) in [6.45, 7) is 0.275. The van der Waals surface area contributed by atoms with Crippen molar-refractivity contribution in [1.29, 1.82) is 0 Å². The second-order valence-electron chi connectivity index (χ2n) is 1.05. The molecule has 0 bridgehead atoms. The molecule has 0 saturated carbocycles. The predicted molar refractivity (Wildman–Crippen MR) is 29.6 cm³/mol. The molecule has 0 aliphatic carbocycles. The van der Waals surface area contributed by atoms with Gasteiger partial charge in [0.05, 0.1) is 0 Å². The van der Waals surface area contributed by atoms with Crippen molar-refractivity contribution in [2.75, 3.05) is 6.61 Å². The van der Waals surface area contributed by atoms with E-state index in [2.05, 4.69) is 12.6 Å². The van der Waals surface area contributed by atoms with E-state index in [-0.39, 0.29) is 6.61 Å². The Balaban J connectivity index is 2.34. The molecule has 0 heterocycles. The van der Waals surface area contributed by atoms with Crippen molar-refractivity contribution in [2.45, 2.75) is 12.8 Å². The molecule has 0 atom stereocenters. The highest BCUT2D eigenvalue weighted by atomic mass is 32.1. The zero-order valence-corrected chi connectivity index (χ0v) is 4.49. The van der Waals surface area contributed by atoms with Crippen LogP contribution in [0.25, 0.3) is 0 Å². The number of hydrogen-bond acceptors (Lipinski definition) is 2. The molecule has 37 valence electrons. The summed E-state index contributed by atoms with van der Waals surface area (Å²) in [5.41, 5.74) is 0. The lowest BCUT2D eigenvalue weighted by Gasteiger charge is -1.85. The van der Waals surface area contributed by atoms with Crippen LogP contribution >= 0.6 is 12.6 Å². The number of aliphatic hydroxyl groups is 1. The Hall–Kier alpha value is 0.310. The maximum atomic E-state index is 8.14. The van der Waals surface area contributed by atoms with E-state index in [1.165, 1.54) is 0 Å². The van der Waals surface area contributed by atoms with Crippen molar-refractivity contribution in [3.05, 3.63) is 5.75 Å². The zero-order chi connectivity index (χ0) is 4.83. The van der Waals surface area contributed by atoms with E-state index in [0.717, 1.165) is 12.8 Å². The minimum atomic E-state index is 0.275. The van der Waals surface area contributed by atoms with Gasteiger partial charge in [0.25, 0.3) is 0 Å². The summed E-state index contributed by atoms with van der Waals surface area (Å²) in [5.74, 6) is 1.75. The van der Waals surface area contributed by atoms with Crippen LogP contribution in [0.4, 0.5) is 0 Å². The van der Waals surface area contributed by atoms with Crippen LogP contribution in [0.15, 0.2) is 0 Å². The smallest absolute Gasteiger partial charge is 0.0431 e. The lowest BCUT2D eigenvalue weighted by molar-refractivity contribution is 0.289. The Bertz CT molecular complexity index is 19.5. The van der Waals surface area contributed by atoms with Crippen molar-refractivity contribution >= 4 is 12.6 Å². The molecule has 0 aromatic carbocycles. The first kappa shape index (κ1) is 6.31. The average Bonchev–Trinajstić information content (AvgIpc) is 1.61. The van der Waals surface area contributed by atoms with Gasteiger partial charge in [-0.3, -0.25) is 0 Å². The van der Waals surface area contributed by atoms with Gasteiger partial charge in [0.1, 0.15) is 0 Å². The van der Waals surface area contributed by atoms with Crippen molar-refractivity contribution < 1.29 is 5.11 Å². The standard InChI is InChI=1S/C4H9OS/c5-3-1-2-4-6/h4-6H,1-3H2. The molecule has 1 nitrogen and oxygen atoms in total. The molecule has 0 fully saturated rings. The normalized spacial score (nSPS) is 9.00. The summed E-state index contributed by atoms with van der Waals surface area (Å²) in [5, 5.41) is 8.14. The molecule has 0 aliphatic rings. The van der Waals surface area contributed by atoms with Gasteiger partial charge in [-0.2, -0.15) is 12.6 Å². The first-order valence-corrected chi connectivity index (χ1v) is 2.50. The lowest BCUT2D eigenvalue weighted by atomic mass is 10.4. The number of unbranched alkanes of at least 4 members (excludes halogenated alkanes) is 1. The van der Waals surface area contributed by atoms with Crippen LogP contribution in [0, 0.1) is 5.75 Å². The molecule has 0 amide bonds. The summed E-state index contributed by atoms with van der Waals surface area (Å²) in [6, 6.07) is 0. The minimum Gasteiger partial charge on any atom is -0.396 e. The summed E-state index contributed by atoms with van der Waals surface area (Å²) < 4.78 is 0. The molecule has 6 heavy (non-hydrogen) atoms. The van der Waals surface area contributed by atoms with E-state index >= 15 is 0 Å². The quantitative estimate of drug-likeness (QED) is 0.403. The van der Waals surface area contributed by atoms with Gasteiger partial charge in [-0.05, 0) is 12.8 Å². The van der Waals surface area contributed by atoms with E-state index in [9.17, 15) is 0 Å². The summed E-state index contributed by atoms with van der Waals surface area (Å²) in [4.78, 5) is 0. The summed E-state index contributed by atoms with van der Waals surface area (Å²) in [6.07, 6.45) is 1.74.